The van der Waals surface area contributed by atoms with Crippen molar-refractivity contribution in [2.45, 2.75) is 52.9 Å². The maximum absolute atomic E-state index is 11.8. The molecule has 0 unspecified atom stereocenters. The highest BCUT2D eigenvalue weighted by Gasteiger charge is 2.09. The predicted octanol–water partition coefficient (Wildman–Crippen LogP) is 3.09. The van der Waals surface area contributed by atoms with Crippen LogP contribution in [0.25, 0.3) is 10.9 Å². The zero-order valence-corrected chi connectivity index (χ0v) is 13.2. The summed E-state index contributed by atoms with van der Waals surface area (Å²) < 4.78 is 7.12. The molecule has 1 aromatic heterocycles. The topological polar surface area (TPSA) is 43.3 Å². The predicted molar refractivity (Wildman–Crippen MR) is 85.1 cm³/mol. The SMILES string of the molecule is CC(C)NCc1ccc2c(ccn2CC(=O)OC(C)C)c1. The van der Waals surface area contributed by atoms with E-state index in [0.717, 1.165) is 17.4 Å². The molecule has 2 rings (SSSR count). The van der Waals surface area contributed by atoms with Crippen LogP contribution in [0.15, 0.2) is 30.5 Å². The number of benzene rings is 1. The lowest BCUT2D eigenvalue weighted by atomic mass is 10.1. The minimum Gasteiger partial charge on any atom is -0.462 e. The summed E-state index contributed by atoms with van der Waals surface area (Å²) in [6, 6.07) is 8.83. The Morgan fingerprint density at radius 3 is 2.67 bits per heavy atom. The molecule has 0 fully saturated rings. The Bertz CT molecular complexity index is 614. The largest absolute Gasteiger partial charge is 0.462 e. The Morgan fingerprint density at radius 1 is 1.24 bits per heavy atom. The summed E-state index contributed by atoms with van der Waals surface area (Å²) in [4.78, 5) is 11.8. The molecule has 4 heteroatoms. The normalized spacial score (nSPS) is 11.5. The van der Waals surface area contributed by atoms with E-state index in [2.05, 4.69) is 37.4 Å². The molecule has 0 saturated heterocycles. The van der Waals surface area contributed by atoms with Crippen LogP contribution in [0.5, 0.6) is 0 Å². The first-order chi connectivity index (χ1) is 9.95. The van der Waals surface area contributed by atoms with Gasteiger partial charge in [0.15, 0.2) is 0 Å². The molecule has 0 bridgehead atoms. The van der Waals surface area contributed by atoms with Crippen LogP contribution in [0.2, 0.25) is 0 Å². The highest BCUT2D eigenvalue weighted by molar-refractivity contribution is 5.82. The molecule has 0 spiro atoms. The smallest absolute Gasteiger partial charge is 0.326 e. The van der Waals surface area contributed by atoms with E-state index >= 15 is 0 Å². The first kappa shape index (κ1) is 15.6. The molecule has 2 aromatic rings. The van der Waals surface area contributed by atoms with E-state index in [9.17, 15) is 4.79 Å². The number of aromatic nitrogens is 1. The van der Waals surface area contributed by atoms with Gasteiger partial charge in [0.25, 0.3) is 0 Å². The fraction of sp³-hybridized carbons (Fsp3) is 0.471. The van der Waals surface area contributed by atoms with Gasteiger partial charge in [-0.15, -0.1) is 0 Å². The number of ether oxygens (including phenoxy) is 1. The molecule has 1 N–H and O–H groups in total. The maximum Gasteiger partial charge on any atom is 0.326 e. The number of hydrogen-bond acceptors (Lipinski definition) is 3. The van der Waals surface area contributed by atoms with Gasteiger partial charge in [-0.05, 0) is 43.0 Å². The van der Waals surface area contributed by atoms with Crippen molar-refractivity contribution >= 4 is 16.9 Å². The van der Waals surface area contributed by atoms with Crippen LogP contribution in [-0.4, -0.2) is 22.7 Å². The fourth-order valence-corrected chi connectivity index (χ4v) is 2.26. The van der Waals surface area contributed by atoms with E-state index in [1.807, 2.05) is 30.7 Å². The lowest BCUT2D eigenvalue weighted by molar-refractivity contribution is -0.148. The van der Waals surface area contributed by atoms with Gasteiger partial charge in [0.1, 0.15) is 6.54 Å². The van der Waals surface area contributed by atoms with Gasteiger partial charge < -0.3 is 14.6 Å². The van der Waals surface area contributed by atoms with Crippen molar-refractivity contribution in [3.8, 4) is 0 Å². The number of nitrogens with one attached hydrogen (secondary N) is 1. The van der Waals surface area contributed by atoms with E-state index in [1.54, 1.807) is 0 Å². The summed E-state index contributed by atoms with van der Waals surface area (Å²) in [6.45, 7) is 9.10. The van der Waals surface area contributed by atoms with Crippen LogP contribution in [0.4, 0.5) is 0 Å². The van der Waals surface area contributed by atoms with Crippen LogP contribution >= 0.6 is 0 Å². The monoisotopic (exact) mass is 288 g/mol. The molecule has 0 atom stereocenters. The average molecular weight is 288 g/mol. The van der Waals surface area contributed by atoms with Crippen molar-refractivity contribution in [1.82, 2.24) is 9.88 Å². The highest BCUT2D eigenvalue weighted by Crippen LogP contribution is 2.18. The number of rotatable bonds is 6. The van der Waals surface area contributed by atoms with Crippen molar-refractivity contribution < 1.29 is 9.53 Å². The number of carbonyl (C=O) groups excluding carboxylic acids is 1. The molecule has 21 heavy (non-hydrogen) atoms. The average Bonchev–Trinajstić information content (AvgIpc) is 2.78. The minimum absolute atomic E-state index is 0.0759. The fourth-order valence-electron chi connectivity index (χ4n) is 2.26. The third-order valence-corrected chi connectivity index (χ3v) is 3.22. The Balaban J connectivity index is 2.11. The number of hydrogen-bond donors (Lipinski definition) is 1. The molecule has 1 heterocycles. The molecule has 0 amide bonds. The van der Waals surface area contributed by atoms with Crippen LogP contribution in [0.1, 0.15) is 33.3 Å². The second kappa shape index (κ2) is 6.76. The summed E-state index contributed by atoms with van der Waals surface area (Å²) in [6.07, 6.45) is 1.86. The molecular weight excluding hydrogens is 264 g/mol. The molecule has 0 saturated carbocycles. The summed E-state index contributed by atoms with van der Waals surface area (Å²) in [7, 11) is 0. The van der Waals surface area contributed by atoms with Crippen LogP contribution < -0.4 is 5.32 Å². The van der Waals surface area contributed by atoms with E-state index in [0.29, 0.717) is 6.04 Å². The van der Waals surface area contributed by atoms with Gasteiger partial charge in [0.05, 0.1) is 6.10 Å². The molecule has 0 aliphatic carbocycles. The second-order valence-corrected chi connectivity index (χ2v) is 5.91. The lowest BCUT2D eigenvalue weighted by Gasteiger charge is -2.10. The van der Waals surface area contributed by atoms with Gasteiger partial charge in [-0.2, -0.15) is 0 Å². The number of nitrogens with zero attached hydrogens (tertiary/aromatic N) is 1. The van der Waals surface area contributed by atoms with Gasteiger partial charge in [0.2, 0.25) is 0 Å². The molecular formula is C17H24N2O2. The molecule has 0 aliphatic rings. The van der Waals surface area contributed by atoms with Crippen LogP contribution in [0.3, 0.4) is 0 Å². The first-order valence-corrected chi connectivity index (χ1v) is 7.46. The number of fused-ring (bicyclic) bond motifs is 1. The van der Waals surface area contributed by atoms with Gasteiger partial charge in [0, 0.05) is 24.3 Å². The summed E-state index contributed by atoms with van der Waals surface area (Å²) in [5, 5.41) is 4.55. The first-order valence-electron chi connectivity index (χ1n) is 7.46. The quantitative estimate of drug-likeness (QED) is 0.831. The Kier molecular flexibility index (Phi) is 5.02. The Hall–Kier alpha value is -1.81. The molecule has 4 nitrogen and oxygen atoms in total. The maximum atomic E-state index is 11.8. The third kappa shape index (κ3) is 4.33. The number of carbonyl (C=O) groups is 1. The standard InChI is InChI=1S/C17H24N2O2/c1-12(2)18-10-14-5-6-16-15(9-14)7-8-19(16)11-17(20)21-13(3)4/h5-9,12-13,18H,10-11H2,1-4H3. The molecule has 1 aromatic carbocycles. The number of esters is 1. The zero-order chi connectivity index (χ0) is 15.4. The van der Waals surface area contributed by atoms with Crippen molar-refractivity contribution in [3.05, 3.63) is 36.0 Å². The summed E-state index contributed by atoms with van der Waals surface area (Å²) in [5.74, 6) is -0.201. The summed E-state index contributed by atoms with van der Waals surface area (Å²) in [5.41, 5.74) is 2.31. The molecule has 0 radical (unpaired) electrons. The van der Waals surface area contributed by atoms with Crippen molar-refractivity contribution in [2.24, 2.45) is 0 Å². The van der Waals surface area contributed by atoms with Gasteiger partial charge in [-0.25, -0.2) is 0 Å². The van der Waals surface area contributed by atoms with E-state index in [4.69, 9.17) is 4.74 Å². The van der Waals surface area contributed by atoms with E-state index < -0.39 is 0 Å². The highest BCUT2D eigenvalue weighted by atomic mass is 16.5. The minimum atomic E-state index is -0.201. The molecule has 114 valence electrons. The summed E-state index contributed by atoms with van der Waals surface area (Å²) >= 11 is 0. The second-order valence-electron chi connectivity index (χ2n) is 5.91. The van der Waals surface area contributed by atoms with Crippen molar-refractivity contribution in [3.63, 3.8) is 0 Å². The molecule has 0 aliphatic heterocycles. The Morgan fingerprint density at radius 2 is 2.00 bits per heavy atom. The zero-order valence-electron chi connectivity index (χ0n) is 13.2. The van der Waals surface area contributed by atoms with Gasteiger partial charge >= 0.3 is 5.97 Å². The van der Waals surface area contributed by atoms with Crippen molar-refractivity contribution in [1.29, 1.82) is 0 Å². The van der Waals surface area contributed by atoms with Crippen molar-refractivity contribution in [2.75, 3.05) is 0 Å². The van der Waals surface area contributed by atoms with Crippen LogP contribution in [0, 0.1) is 0 Å². The lowest BCUT2D eigenvalue weighted by Crippen LogP contribution is -2.21. The van der Waals surface area contributed by atoms with E-state index in [-0.39, 0.29) is 18.6 Å². The van der Waals surface area contributed by atoms with Gasteiger partial charge in [-0.3, -0.25) is 4.79 Å². The van der Waals surface area contributed by atoms with E-state index in [1.165, 1.54) is 5.56 Å². The van der Waals surface area contributed by atoms with Gasteiger partial charge in [-0.1, -0.05) is 19.9 Å². The third-order valence-electron chi connectivity index (χ3n) is 3.22. The Labute approximate surface area is 126 Å². The van der Waals surface area contributed by atoms with Crippen LogP contribution in [-0.2, 0) is 22.6 Å².